The van der Waals surface area contributed by atoms with Crippen LogP contribution in [0.3, 0.4) is 0 Å². The lowest BCUT2D eigenvalue weighted by Crippen LogP contribution is -2.25. The summed E-state index contributed by atoms with van der Waals surface area (Å²) in [4.78, 5) is 4.36. The molecule has 1 atom stereocenters. The molecule has 102 valence electrons. The molecule has 3 heteroatoms. The SMILES string of the molecule is C=CC=NC(C)(CC)O/C(=C/C(=C)OCC)CC. The molecule has 0 N–H and O–H groups in total. The summed E-state index contributed by atoms with van der Waals surface area (Å²) in [7, 11) is 0. The maximum atomic E-state index is 5.93. The average molecular weight is 251 g/mol. The van der Waals surface area contributed by atoms with Crippen molar-refractivity contribution in [2.24, 2.45) is 4.99 Å². The molecule has 0 aromatic heterocycles. The van der Waals surface area contributed by atoms with E-state index in [1.807, 2.05) is 33.8 Å². The van der Waals surface area contributed by atoms with Gasteiger partial charge in [-0.1, -0.05) is 33.1 Å². The first kappa shape index (κ1) is 16.5. The van der Waals surface area contributed by atoms with Crippen LogP contribution >= 0.6 is 0 Å². The monoisotopic (exact) mass is 251 g/mol. The third kappa shape index (κ3) is 6.28. The summed E-state index contributed by atoms with van der Waals surface area (Å²) in [6.07, 6.45) is 6.67. The van der Waals surface area contributed by atoms with Gasteiger partial charge in [-0.15, -0.1) is 0 Å². The molecule has 0 aromatic carbocycles. The number of hydrogen-bond acceptors (Lipinski definition) is 3. The van der Waals surface area contributed by atoms with Gasteiger partial charge in [0.1, 0.15) is 11.5 Å². The van der Waals surface area contributed by atoms with E-state index in [0.717, 1.165) is 18.6 Å². The van der Waals surface area contributed by atoms with E-state index in [-0.39, 0.29) is 0 Å². The number of ether oxygens (including phenoxy) is 2. The van der Waals surface area contributed by atoms with Crippen LogP contribution in [0.25, 0.3) is 0 Å². The van der Waals surface area contributed by atoms with Crippen LogP contribution in [0.4, 0.5) is 0 Å². The summed E-state index contributed by atoms with van der Waals surface area (Å²) < 4.78 is 11.2. The maximum absolute atomic E-state index is 5.93. The first-order valence-corrected chi connectivity index (χ1v) is 6.38. The van der Waals surface area contributed by atoms with E-state index in [2.05, 4.69) is 18.2 Å². The minimum Gasteiger partial charge on any atom is -0.494 e. The maximum Gasteiger partial charge on any atom is 0.196 e. The van der Waals surface area contributed by atoms with Gasteiger partial charge in [0.15, 0.2) is 5.72 Å². The topological polar surface area (TPSA) is 30.8 Å². The molecule has 0 saturated carbocycles. The largest absolute Gasteiger partial charge is 0.494 e. The highest BCUT2D eigenvalue weighted by molar-refractivity contribution is 5.70. The van der Waals surface area contributed by atoms with Gasteiger partial charge < -0.3 is 9.47 Å². The van der Waals surface area contributed by atoms with Crippen molar-refractivity contribution in [1.29, 1.82) is 0 Å². The Labute approximate surface area is 111 Å². The fourth-order valence-corrected chi connectivity index (χ4v) is 1.29. The normalized spacial score (nSPS) is 15.2. The third-order valence-electron chi connectivity index (χ3n) is 2.46. The van der Waals surface area contributed by atoms with Gasteiger partial charge in [-0.05, 0) is 13.8 Å². The lowest BCUT2D eigenvalue weighted by Gasteiger charge is -2.26. The van der Waals surface area contributed by atoms with Crippen LogP contribution in [-0.4, -0.2) is 18.5 Å². The molecule has 0 rings (SSSR count). The Morgan fingerprint density at radius 1 is 1.33 bits per heavy atom. The molecule has 0 radical (unpaired) electrons. The molecule has 0 saturated heterocycles. The minimum absolute atomic E-state index is 0.567. The summed E-state index contributed by atoms with van der Waals surface area (Å²) in [6, 6.07) is 0. The van der Waals surface area contributed by atoms with Gasteiger partial charge in [0.05, 0.1) is 6.61 Å². The molecular formula is C15H25NO2. The van der Waals surface area contributed by atoms with Crippen LogP contribution in [0.15, 0.2) is 41.8 Å². The molecule has 0 aliphatic heterocycles. The Kier molecular flexibility index (Phi) is 7.84. The molecular weight excluding hydrogens is 226 g/mol. The highest BCUT2D eigenvalue weighted by Gasteiger charge is 2.22. The fourth-order valence-electron chi connectivity index (χ4n) is 1.29. The van der Waals surface area contributed by atoms with E-state index in [1.54, 1.807) is 12.3 Å². The smallest absolute Gasteiger partial charge is 0.196 e. The molecule has 0 amide bonds. The molecule has 0 aromatic rings. The quantitative estimate of drug-likeness (QED) is 0.349. The van der Waals surface area contributed by atoms with Gasteiger partial charge in [0, 0.05) is 25.1 Å². The van der Waals surface area contributed by atoms with Gasteiger partial charge in [-0.25, -0.2) is 4.99 Å². The molecule has 18 heavy (non-hydrogen) atoms. The van der Waals surface area contributed by atoms with Gasteiger partial charge >= 0.3 is 0 Å². The van der Waals surface area contributed by atoms with Crippen molar-refractivity contribution in [2.45, 2.75) is 46.3 Å². The van der Waals surface area contributed by atoms with E-state index in [9.17, 15) is 0 Å². The van der Waals surface area contributed by atoms with Crippen molar-refractivity contribution in [3.8, 4) is 0 Å². The number of nitrogens with zero attached hydrogens (tertiary/aromatic N) is 1. The fraction of sp³-hybridized carbons (Fsp3) is 0.533. The van der Waals surface area contributed by atoms with E-state index in [0.29, 0.717) is 12.4 Å². The Balaban J connectivity index is 4.82. The molecule has 3 nitrogen and oxygen atoms in total. The Morgan fingerprint density at radius 3 is 2.44 bits per heavy atom. The van der Waals surface area contributed by atoms with Crippen molar-refractivity contribution in [1.82, 2.24) is 0 Å². The van der Waals surface area contributed by atoms with Crippen molar-refractivity contribution in [3.05, 3.63) is 36.8 Å². The van der Waals surface area contributed by atoms with Gasteiger partial charge in [-0.2, -0.15) is 0 Å². The average Bonchev–Trinajstić information content (AvgIpc) is 2.36. The van der Waals surface area contributed by atoms with E-state index in [4.69, 9.17) is 9.47 Å². The third-order valence-corrected chi connectivity index (χ3v) is 2.46. The molecule has 0 fully saturated rings. The molecule has 1 unspecified atom stereocenters. The zero-order chi connectivity index (χ0) is 14.0. The van der Waals surface area contributed by atoms with Crippen LogP contribution in [-0.2, 0) is 9.47 Å². The first-order valence-electron chi connectivity index (χ1n) is 6.38. The van der Waals surface area contributed by atoms with E-state index >= 15 is 0 Å². The lowest BCUT2D eigenvalue weighted by molar-refractivity contribution is 0.0189. The second kappa shape index (κ2) is 8.56. The molecule has 0 bridgehead atoms. The van der Waals surface area contributed by atoms with E-state index in [1.165, 1.54) is 0 Å². The van der Waals surface area contributed by atoms with Crippen LogP contribution < -0.4 is 0 Å². The Bertz CT molecular complexity index is 331. The standard InChI is InChI=1S/C15H25NO2/c1-7-11-16-15(6,9-3)18-14(8-2)12-13(5)17-10-4/h7,11-12H,1,5,8-10H2,2-4,6H3/b14-12+,16-11?. The molecule has 0 aliphatic rings. The van der Waals surface area contributed by atoms with Gasteiger partial charge in [0.25, 0.3) is 0 Å². The van der Waals surface area contributed by atoms with Crippen LogP contribution in [0.1, 0.15) is 40.5 Å². The summed E-state index contributed by atoms with van der Waals surface area (Å²) in [5, 5.41) is 0. The Hall–Kier alpha value is -1.51. The van der Waals surface area contributed by atoms with Crippen molar-refractivity contribution in [3.63, 3.8) is 0 Å². The van der Waals surface area contributed by atoms with Crippen LogP contribution in [0, 0.1) is 0 Å². The Morgan fingerprint density at radius 2 is 2.00 bits per heavy atom. The summed E-state index contributed by atoms with van der Waals surface area (Å²) in [5.74, 6) is 1.43. The second-order valence-electron chi connectivity index (χ2n) is 4.01. The number of hydrogen-bond donors (Lipinski definition) is 0. The predicted molar refractivity (Wildman–Crippen MR) is 77.6 cm³/mol. The highest BCUT2D eigenvalue weighted by atomic mass is 16.5. The van der Waals surface area contributed by atoms with Gasteiger partial charge in [-0.3, -0.25) is 0 Å². The highest BCUT2D eigenvalue weighted by Crippen LogP contribution is 2.23. The predicted octanol–water partition coefficient (Wildman–Crippen LogP) is 4.23. The minimum atomic E-state index is -0.567. The summed E-state index contributed by atoms with van der Waals surface area (Å²) in [5.41, 5.74) is -0.567. The lowest BCUT2D eigenvalue weighted by atomic mass is 10.2. The number of rotatable bonds is 9. The second-order valence-corrected chi connectivity index (χ2v) is 4.01. The molecule has 0 spiro atoms. The summed E-state index contributed by atoms with van der Waals surface area (Å²) >= 11 is 0. The zero-order valence-corrected chi connectivity index (χ0v) is 12.0. The van der Waals surface area contributed by atoms with Crippen molar-refractivity contribution >= 4 is 6.21 Å². The number of allylic oxidation sites excluding steroid dienone is 3. The number of aliphatic imine (C=N–C) groups is 1. The van der Waals surface area contributed by atoms with Crippen LogP contribution in [0.2, 0.25) is 0 Å². The van der Waals surface area contributed by atoms with E-state index < -0.39 is 5.72 Å². The van der Waals surface area contributed by atoms with Crippen molar-refractivity contribution < 1.29 is 9.47 Å². The van der Waals surface area contributed by atoms with Crippen LogP contribution in [0.5, 0.6) is 0 Å². The van der Waals surface area contributed by atoms with Crippen molar-refractivity contribution in [2.75, 3.05) is 6.61 Å². The molecule has 0 aliphatic carbocycles. The van der Waals surface area contributed by atoms with Gasteiger partial charge in [0.2, 0.25) is 0 Å². The first-order chi connectivity index (χ1) is 8.51. The zero-order valence-electron chi connectivity index (χ0n) is 12.0. The molecule has 0 heterocycles. The summed E-state index contributed by atoms with van der Waals surface area (Å²) in [6.45, 7) is 16.0.